The third-order valence-electron chi connectivity index (χ3n) is 4.67. The van der Waals surface area contributed by atoms with Gasteiger partial charge in [-0.05, 0) is 31.0 Å². The van der Waals surface area contributed by atoms with Crippen LogP contribution in [0, 0.1) is 0 Å². The number of nitrogens with zero attached hydrogens (tertiary/aromatic N) is 2. The Kier molecular flexibility index (Phi) is 8.37. The second-order valence-corrected chi connectivity index (χ2v) is 6.87. The Bertz CT molecular complexity index is 614. The SMILES string of the molecule is CCCC(C)(N)C(=O)N1CCN(C(=O)Cc2cccc(OC)c2)CC1.Cl. The van der Waals surface area contributed by atoms with Gasteiger partial charge in [-0.2, -0.15) is 0 Å². The van der Waals surface area contributed by atoms with Gasteiger partial charge in [0.15, 0.2) is 0 Å². The number of nitrogens with two attached hydrogens (primary N) is 1. The third-order valence-corrected chi connectivity index (χ3v) is 4.67. The van der Waals surface area contributed by atoms with Crippen LogP contribution in [0.5, 0.6) is 5.75 Å². The molecule has 0 bridgehead atoms. The molecule has 0 aliphatic carbocycles. The van der Waals surface area contributed by atoms with Crippen molar-refractivity contribution in [3.05, 3.63) is 29.8 Å². The Morgan fingerprint density at radius 3 is 2.38 bits per heavy atom. The van der Waals surface area contributed by atoms with Gasteiger partial charge in [-0.15, -0.1) is 12.4 Å². The second-order valence-electron chi connectivity index (χ2n) is 6.87. The fourth-order valence-electron chi connectivity index (χ4n) is 3.22. The molecule has 2 rings (SSSR count). The normalized spacial score (nSPS) is 16.5. The molecule has 7 heteroatoms. The van der Waals surface area contributed by atoms with Crippen LogP contribution in [-0.2, 0) is 16.0 Å². The van der Waals surface area contributed by atoms with E-state index < -0.39 is 5.54 Å². The Morgan fingerprint density at radius 2 is 1.81 bits per heavy atom. The largest absolute Gasteiger partial charge is 0.497 e. The van der Waals surface area contributed by atoms with Gasteiger partial charge in [-0.25, -0.2) is 0 Å². The Labute approximate surface area is 162 Å². The number of halogens is 1. The zero-order valence-corrected chi connectivity index (χ0v) is 16.7. The van der Waals surface area contributed by atoms with Crippen molar-refractivity contribution in [2.75, 3.05) is 33.3 Å². The van der Waals surface area contributed by atoms with E-state index in [0.717, 1.165) is 17.7 Å². The van der Waals surface area contributed by atoms with Crippen LogP contribution >= 0.6 is 12.4 Å². The summed E-state index contributed by atoms with van der Waals surface area (Å²) in [5.41, 5.74) is 6.25. The first kappa shape index (κ1) is 22.3. The number of amides is 2. The van der Waals surface area contributed by atoms with Crippen LogP contribution in [0.25, 0.3) is 0 Å². The van der Waals surface area contributed by atoms with E-state index in [9.17, 15) is 9.59 Å². The molecule has 0 spiro atoms. The molecule has 26 heavy (non-hydrogen) atoms. The van der Waals surface area contributed by atoms with Crippen LogP contribution in [0.2, 0.25) is 0 Å². The molecule has 2 N–H and O–H groups in total. The van der Waals surface area contributed by atoms with E-state index in [1.807, 2.05) is 36.1 Å². The van der Waals surface area contributed by atoms with Gasteiger partial charge in [0.25, 0.3) is 0 Å². The molecule has 2 amide bonds. The molecule has 1 unspecified atom stereocenters. The molecule has 0 aromatic heterocycles. The number of piperazine rings is 1. The number of ether oxygens (including phenoxy) is 1. The van der Waals surface area contributed by atoms with E-state index in [1.165, 1.54) is 0 Å². The van der Waals surface area contributed by atoms with E-state index in [0.29, 0.717) is 39.0 Å². The number of hydrogen-bond donors (Lipinski definition) is 1. The van der Waals surface area contributed by atoms with Crippen molar-refractivity contribution in [2.24, 2.45) is 5.73 Å². The number of carbonyl (C=O) groups excluding carboxylic acids is 2. The van der Waals surface area contributed by atoms with Gasteiger partial charge in [-0.3, -0.25) is 9.59 Å². The molecular formula is C19H30ClN3O3. The maximum absolute atomic E-state index is 12.5. The minimum absolute atomic E-state index is 0. The van der Waals surface area contributed by atoms with E-state index in [2.05, 4.69) is 0 Å². The quantitative estimate of drug-likeness (QED) is 0.813. The first-order valence-corrected chi connectivity index (χ1v) is 8.86. The summed E-state index contributed by atoms with van der Waals surface area (Å²) >= 11 is 0. The molecule has 1 fully saturated rings. The van der Waals surface area contributed by atoms with Crippen molar-refractivity contribution in [3.8, 4) is 5.75 Å². The topological polar surface area (TPSA) is 75.9 Å². The predicted molar refractivity (Wildman–Crippen MR) is 105 cm³/mol. The summed E-state index contributed by atoms with van der Waals surface area (Å²) in [6, 6.07) is 7.54. The maximum atomic E-state index is 12.5. The Morgan fingerprint density at radius 1 is 1.19 bits per heavy atom. The van der Waals surface area contributed by atoms with Crippen LogP contribution in [-0.4, -0.2) is 60.4 Å². The molecule has 6 nitrogen and oxygen atoms in total. The molecular weight excluding hydrogens is 354 g/mol. The van der Waals surface area contributed by atoms with Crippen molar-refractivity contribution in [3.63, 3.8) is 0 Å². The first-order chi connectivity index (χ1) is 11.9. The smallest absolute Gasteiger partial charge is 0.242 e. The molecule has 1 aliphatic rings. The van der Waals surface area contributed by atoms with Crippen molar-refractivity contribution < 1.29 is 14.3 Å². The molecule has 0 saturated carbocycles. The van der Waals surface area contributed by atoms with Crippen LogP contribution in [0.3, 0.4) is 0 Å². The van der Waals surface area contributed by atoms with Gasteiger partial charge >= 0.3 is 0 Å². The van der Waals surface area contributed by atoms with Gasteiger partial charge in [0.1, 0.15) is 5.75 Å². The highest BCUT2D eigenvalue weighted by atomic mass is 35.5. The average Bonchev–Trinajstić information content (AvgIpc) is 2.61. The first-order valence-electron chi connectivity index (χ1n) is 8.86. The van der Waals surface area contributed by atoms with Crippen molar-refractivity contribution in [2.45, 2.75) is 38.6 Å². The lowest BCUT2D eigenvalue weighted by Gasteiger charge is -2.38. The lowest BCUT2D eigenvalue weighted by atomic mass is 9.95. The summed E-state index contributed by atoms with van der Waals surface area (Å²) in [4.78, 5) is 28.6. The van der Waals surface area contributed by atoms with Crippen LogP contribution in [0.15, 0.2) is 24.3 Å². The number of hydrogen-bond acceptors (Lipinski definition) is 4. The zero-order valence-electron chi connectivity index (χ0n) is 15.9. The minimum atomic E-state index is -0.818. The summed E-state index contributed by atoms with van der Waals surface area (Å²) < 4.78 is 5.19. The van der Waals surface area contributed by atoms with Crippen LogP contribution < -0.4 is 10.5 Å². The van der Waals surface area contributed by atoms with Crippen molar-refractivity contribution in [1.29, 1.82) is 0 Å². The lowest BCUT2D eigenvalue weighted by molar-refractivity contribution is -0.142. The molecule has 146 valence electrons. The molecule has 1 heterocycles. The van der Waals surface area contributed by atoms with Crippen LogP contribution in [0.4, 0.5) is 0 Å². The zero-order chi connectivity index (χ0) is 18.4. The Balaban J connectivity index is 0.00000338. The highest BCUT2D eigenvalue weighted by Crippen LogP contribution is 2.16. The molecule has 1 aromatic rings. The van der Waals surface area contributed by atoms with E-state index >= 15 is 0 Å². The van der Waals surface area contributed by atoms with E-state index in [-0.39, 0.29) is 24.2 Å². The summed E-state index contributed by atoms with van der Waals surface area (Å²) in [6.07, 6.45) is 1.88. The molecule has 0 radical (unpaired) electrons. The van der Waals surface area contributed by atoms with Crippen LogP contribution in [0.1, 0.15) is 32.3 Å². The number of carbonyl (C=O) groups is 2. The summed E-state index contributed by atoms with van der Waals surface area (Å²) in [6.45, 7) is 6.00. The number of benzene rings is 1. The molecule has 1 aromatic carbocycles. The summed E-state index contributed by atoms with van der Waals surface area (Å²) in [7, 11) is 1.61. The fraction of sp³-hybridized carbons (Fsp3) is 0.579. The summed E-state index contributed by atoms with van der Waals surface area (Å²) in [5, 5.41) is 0. The second kappa shape index (κ2) is 9.78. The maximum Gasteiger partial charge on any atom is 0.242 e. The monoisotopic (exact) mass is 383 g/mol. The molecule has 1 atom stereocenters. The predicted octanol–water partition coefficient (Wildman–Crippen LogP) is 1.85. The van der Waals surface area contributed by atoms with Gasteiger partial charge in [0.2, 0.25) is 11.8 Å². The Hall–Kier alpha value is -1.79. The van der Waals surface area contributed by atoms with Gasteiger partial charge in [0, 0.05) is 26.2 Å². The van der Waals surface area contributed by atoms with Gasteiger partial charge in [-0.1, -0.05) is 25.5 Å². The third kappa shape index (κ3) is 5.61. The minimum Gasteiger partial charge on any atom is -0.497 e. The van der Waals surface area contributed by atoms with Crippen molar-refractivity contribution >= 4 is 24.2 Å². The summed E-state index contributed by atoms with van der Waals surface area (Å²) in [5.74, 6) is 0.803. The standard InChI is InChI=1S/C19H29N3O3.ClH/c1-4-8-19(2,20)18(24)22-11-9-21(10-12-22)17(23)14-15-6-5-7-16(13-15)25-3;/h5-7,13H,4,8-12,14,20H2,1-3H3;1H. The highest BCUT2D eigenvalue weighted by Gasteiger charge is 2.34. The number of rotatable bonds is 6. The fourth-order valence-corrected chi connectivity index (χ4v) is 3.22. The lowest BCUT2D eigenvalue weighted by Crippen LogP contribution is -2.58. The van der Waals surface area contributed by atoms with E-state index in [1.54, 1.807) is 18.9 Å². The van der Waals surface area contributed by atoms with Gasteiger partial charge < -0.3 is 20.3 Å². The number of methoxy groups -OCH3 is 1. The van der Waals surface area contributed by atoms with Crippen molar-refractivity contribution in [1.82, 2.24) is 9.80 Å². The highest BCUT2D eigenvalue weighted by molar-refractivity contribution is 5.86. The average molecular weight is 384 g/mol. The van der Waals surface area contributed by atoms with E-state index in [4.69, 9.17) is 10.5 Å². The molecule has 1 saturated heterocycles. The molecule has 1 aliphatic heterocycles. The van der Waals surface area contributed by atoms with Gasteiger partial charge in [0.05, 0.1) is 19.1 Å².